The van der Waals surface area contributed by atoms with Crippen LogP contribution in [-0.2, 0) is 35.1 Å². The molecule has 0 saturated heterocycles. The molecule has 12 nitrogen and oxygen atoms in total. The Morgan fingerprint density at radius 2 is 1.51 bits per heavy atom. The van der Waals surface area contributed by atoms with Gasteiger partial charge in [-0.3, -0.25) is 24.0 Å². The van der Waals surface area contributed by atoms with E-state index in [1.807, 2.05) is 30.3 Å². The Morgan fingerprint density at radius 3 is 2.09 bits per heavy atom. The normalized spacial score (nSPS) is 13.2. The summed E-state index contributed by atoms with van der Waals surface area (Å²) in [4.78, 5) is 61.2. The van der Waals surface area contributed by atoms with Crippen LogP contribution in [0.2, 0.25) is 0 Å². The van der Waals surface area contributed by atoms with Crippen molar-refractivity contribution in [3.63, 3.8) is 0 Å². The van der Waals surface area contributed by atoms with Crippen molar-refractivity contribution in [3.05, 3.63) is 35.9 Å². The molecule has 5 amide bonds. The maximum atomic E-state index is 13.2. The van der Waals surface area contributed by atoms with Gasteiger partial charge in [-0.05, 0) is 31.4 Å². The van der Waals surface area contributed by atoms with Crippen molar-refractivity contribution in [2.75, 3.05) is 20.3 Å². The summed E-state index contributed by atoms with van der Waals surface area (Å²) in [5.74, 6) is -3.43. The minimum atomic E-state index is -1.32. The first-order chi connectivity index (χ1) is 16.7. The quantitative estimate of drug-likeness (QED) is 0.137. The molecule has 1 rings (SSSR count). The van der Waals surface area contributed by atoms with E-state index < -0.39 is 48.2 Å². The van der Waals surface area contributed by atoms with Gasteiger partial charge in [0, 0.05) is 20.0 Å². The van der Waals surface area contributed by atoms with Crippen LogP contribution in [0.15, 0.2) is 30.3 Å². The van der Waals surface area contributed by atoms with Crippen LogP contribution < -0.4 is 33.2 Å². The second-order valence-corrected chi connectivity index (χ2v) is 8.03. The molecule has 12 heteroatoms. The second kappa shape index (κ2) is 16.2. The van der Waals surface area contributed by atoms with Gasteiger partial charge in [0.1, 0.15) is 18.1 Å². The fourth-order valence-corrected chi connectivity index (χ4v) is 3.25. The molecule has 0 aromatic heterocycles. The van der Waals surface area contributed by atoms with E-state index in [1.165, 1.54) is 7.11 Å². The number of carbonyl (C=O) groups excluding carboxylic acids is 5. The number of hydrogen-bond acceptors (Lipinski definition) is 7. The van der Waals surface area contributed by atoms with Crippen molar-refractivity contribution in [1.82, 2.24) is 16.0 Å². The van der Waals surface area contributed by atoms with E-state index in [9.17, 15) is 24.0 Å². The smallest absolute Gasteiger partial charge is 0.243 e. The number of primary amides is 2. The maximum absolute atomic E-state index is 13.2. The first-order valence-corrected chi connectivity index (χ1v) is 11.4. The lowest BCUT2D eigenvalue weighted by molar-refractivity contribution is -0.134. The maximum Gasteiger partial charge on any atom is 0.243 e. The lowest BCUT2D eigenvalue weighted by Gasteiger charge is -2.25. The van der Waals surface area contributed by atoms with Crippen LogP contribution in [0.1, 0.15) is 37.7 Å². The van der Waals surface area contributed by atoms with Crippen LogP contribution in [0, 0.1) is 0 Å². The summed E-state index contributed by atoms with van der Waals surface area (Å²) in [6.07, 6.45) is 1.09. The van der Waals surface area contributed by atoms with E-state index in [2.05, 4.69) is 16.0 Å². The third-order valence-electron chi connectivity index (χ3n) is 5.11. The number of unbranched alkanes of at least 4 members (excludes halogenated alkanes) is 1. The molecular weight excluding hydrogens is 456 g/mol. The fraction of sp³-hybridized carbons (Fsp3) is 0.522. The van der Waals surface area contributed by atoms with E-state index in [4.69, 9.17) is 21.9 Å². The average Bonchev–Trinajstić information content (AvgIpc) is 2.81. The van der Waals surface area contributed by atoms with Gasteiger partial charge in [0.05, 0.1) is 13.0 Å². The molecule has 0 saturated carbocycles. The Bertz CT molecular complexity index is 850. The number of nitrogens with two attached hydrogens (primary N) is 3. The van der Waals surface area contributed by atoms with Gasteiger partial charge in [0.25, 0.3) is 0 Å². The zero-order valence-corrected chi connectivity index (χ0v) is 20.0. The highest BCUT2D eigenvalue weighted by molar-refractivity contribution is 5.95. The Morgan fingerprint density at radius 1 is 0.886 bits per heavy atom. The van der Waals surface area contributed by atoms with E-state index in [0.717, 1.165) is 5.56 Å². The van der Waals surface area contributed by atoms with Gasteiger partial charge in [-0.15, -0.1) is 0 Å². The molecule has 194 valence electrons. The summed E-state index contributed by atoms with van der Waals surface area (Å²) in [5.41, 5.74) is 16.7. The van der Waals surface area contributed by atoms with E-state index in [-0.39, 0.29) is 31.8 Å². The zero-order valence-electron chi connectivity index (χ0n) is 20.0. The SMILES string of the molecule is COCCC(=O)N[C@@H](Cc1ccccc1)C(=O)N[C@@H](CCCCN)C(=O)N[C@@H](CC(N)=O)C(N)=O. The molecule has 1 aromatic rings. The van der Waals surface area contributed by atoms with Crippen LogP contribution in [0.4, 0.5) is 0 Å². The number of carbonyl (C=O) groups is 5. The minimum Gasteiger partial charge on any atom is -0.384 e. The minimum absolute atomic E-state index is 0.0584. The number of benzene rings is 1. The summed E-state index contributed by atoms with van der Waals surface area (Å²) >= 11 is 0. The number of amides is 5. The van der Waals surface area contributed by atoms with Gasteiger partial charge < -0.3 is 37.9 Å². The van der Waals surface area contributed by atoms with Gasteiger partial charge in [-0.2, -0.15) is 0 Å². The molecule has 3 atom stereocenters. The highest BCUT2D eigenvalue weighted by Crippen LogP contribution is 2.07. The molecule has 0 spiro atoms. The van der Waals surface area contributed by atoms with Crippen molar-refractivity contribution >= 4 is 29.5 Å². The summed E-state index contributed by atoms with van der Waals surface area (Å²) in [5, 5.41) is 7.70. The molecule has 0 bridgehead atoms. The van der Waals surface area contributed by atoms with Crippen molar-refractivity contribution < 1.29 is 28.7 Å². The van der Waals surface area contributed by atoms with Crippen LogP contribution in [0.5, 0.6) is 0 Å². The van der Waals surface area contributed by atoms with Crippen molar-refractivity contribution in [1.29, 1.82) is 0 Å². The van der Waals surface area contributed by atoms with Crippen LogP contribution in [0.3, 0.4) is 0 Å². The number of nitrogens with one attached hydrogen (secondary N) is 3. The Hall–Kier alpha value is -3.51. The molecule has 0 aliphatic rings. The van der Waals surface area contributed by atoms with E-state index in [0.29, 0.717) is 19.4 Å². The molecule has 0 aliphatic carbocycles. The third-order valence-corrected chi connectivity index (χ3v) is 5.11. The van der Waals surface area contributed by atoms with E-state index >= 15 is 0 Å². The van der Waals surface area contributed by atoms with Crippen LogP contribution in [0.25, 0.3) is 0 Å². The number of hydrogen-bond donors (Lipinski definition) is 6. The van der Waals surface area contributed by atoms with Crippen molar-refractivity contribution in [3.8, 4) is 0 Å². The van der Waals surface area contributed by atoms with Crippen LogP contribution >= 0.6 is 0 Å². The largest absolute Gasteiger partial charge is 0.384 e. The number of rotatable bonds is 17. The first kappa shape index (κ1) is 29.5. The first-order valence-electron chi connectivity index (χ1n) is 11.4. The Balaban J connectivity index is 3.03. The molecule has 1 aromatic carbocycles. The highest BCUT2D eigenvalue weighted by atomic mass is 16.5. The van der Waals surface area contributed by atoms with Gasteiger partial charge >= 0.3 is 0 Å². The Kier molecular flexibility index (Phi) is 13.6. The van der Waals surface area contributed by atoms with Gasteiger partial charge in [0.2, 0.25) is 29.5 Å². The number of methoxy groups -OCH3 is 1. The summed E-state index contributed by atoms with van der Waals surface area (Å²) in [6, 6.07) is 5.73. The predicted molar refractivity (Wildman–Crippen MR) is 128 cm³/mol. The lowest BCUT2D eigenvalue weighted by atomic mass is 10.0. The fourth-order valence-electron chi connectivity index (χ4n) is 3.25. The standard InChI is InChI=1S/C23H36N6O6/c1-35-12-10-20(31)27-18(13-15-7-3-2-4-8-15)23(34)28-16(9-5-6-11-24)22(33)29-17(21(26)32)14-19(25)30/h2-4,7-8,16-18H,5-6,9-14,24H2,1H3,(H2,25,30)(H2,26,32)(H,27,31)(H,28,34)(H,29,33)/t16-,17-,18-/m0/s1. The topological polar surface area (TPSA) is 209 Å². The molecule has 0 heterocycles. The molecule has 0 radical (unpaired) electrons. The molecular formula is C23H36N6O6. The summed E-state index contributed by atoms with van der Waals surface area (Å²) < 4.78 is 4.91. The predicted octanol–water partition coefficient (Wildman–Crippen LogP) is -1.79. The van der Waals surface area contributed by atoms with E-state index in [1.54, 1.807) is 0 Å². The lowest BCUT2D eigenvalue weighted by Crippen LogP contribution is -2.57. The summed E-state index contributed by atoms with van der Waals surface area (Å²) in [7, 11) is 1.46. The molecule has 0 fully saturated rings. The second-order valence-electron chi connectivity index (χ2n) is 8.03. The molecule has 0 aliphatic heterocycles. The average molecular weight is 493 g/mol. The Labute approximate surface area is 204 Å². The van der Waals surface area contributed by atoms with Gasteiger partial charge in [0.15, 0.2) is 0 Å². The summed E-state index contributed by atoms with van der Waals surface area (Å²) in [6.45, 7) is 0.573. The molecule has 35 heavy (non-hydrogen) atoms. The van der Waals surface area contributed by atoms with Gasteiger partial charge in [-0.25, -0.2) is 0 Å². The zero-order chi connectivity index (χ0) is 26.2. The monoisotopic (exact) mass is 492 g/mol. The molecule has 9 N–H and O–H groups in total. The molecule has 0 unspecified atom stereocenters. The van der Waals surface area contributed by atoms with Gasteiger partial charge in [-0.1, -0.05) is 30.3 Å². The van der Waals surface area contributed by atoms with Crippen molar-refractivity contribution in [2.45, 2.75) is 56.7 Å². The van der Waals surface area contributed by atoms with Crippen LogP contribution in [-0.4, -0.2) is 67.9 Å². The number of ether oxygens (including phenoxy) is 1. The highest BCUT2D eigenvalue weighted by Gasteiger charge is 2.29. The third kappa shape index (κ3) is 12.0. The van der Waals surface area contributed by atoms with Crippen molar-refractivity contribution in [2.24, 2.45) is 17.2 Å².